The Morgan fingerprint density at radius 3 is 2.54 bits per heavy atom. The number of unbranched alkanes of at least 4 members (excludes halogenated alkanes) is 1. The van der Waals surface area contributed by atoms with Crippen LogP contribution in [0.3, 0.4) is 0 Å². The third-order valence-corrected chi connectivity index (χ3v) is 5.65. The van der Waals surface area contributed by atoms with Gasteiger partial charge >= 0.3 is 0 Å². The van der Waals surface area contributed by atoms with Gasteiger partial charge in [0.25, 0.3) is 0 Å². The van der Waals surface area contributed by atoms with Crippen LogP contribution in [0.5, 0.6) is 0 Å². The van der Waals surface area contributed by atoms with Crippen LogP contribution in [-0.2, 0) is 25.5 Å². The zero-order chi connectivity index (χ0) is 18.9. The second kappa shape index (κ2) is 8.55. The van der Waals surface area contributed by atoms with E-state index in [0.717, 1.165) is 16.3 Å². The van der Waals surface area contributed by atoms with Gasteiger partial charge in [-0.3, -0.25) is 0 Å². The van der Waals surface area contributed by atoms with Gasteiger partial charge < -0.3 is 4.98 Å². The average molecular weight is 545 g/mol. The van der Waals surface area contributed by atoms with Crippen molar-refractivity contribution in [2.75, 3.05) is 0 Å². The van der Waals surface area contributed by atoms with E-state index in [1.807, 2.05) is 18.3 Å². The summed E-state index contributed by atoms with van der Waals surface area (Å²) in [7, 11) is 0. The summed E-state index contributed by atoms with van der Waals surface area (Å²) in [6.07, 6.45) is 5.60. The van der Waals surface area contributed by atoms with Crippen LogP contribution in [-0.4, -0.2) is 4.98 Å². The van der Waals surface area contributed by atoms with E-state index in [1.165, 1.54) is 41.3 Å². The zero-order valence-corrected chi connectivity index (χ0v) is 19.1. The maximum Gasteiger partial charge on any atom is 0.0161 e. The van der Waals surface area contributed by atoms with Crippen LogP contribution < -0.4 is 0 Å². The van der Waals surface area contributed by atoms with E-state index < -0.39 is 0 Å². The third kappa shape index (κ3) is 3.90. The molecule has 0 fully saturated rings. The van der Waals surface area contributed by atoms with Crippen LogP contribution in [0.1, 0.15) is 45.6 Å². The Labute approximate surface area is 181 Å². The van der Waals surface area contributed by atoms with Gasteiger partial charge in [-0.25, -0.2) is 0 Å². The van der Waals surface area contributed by atoms with Crippen molar-refractivity contribution >= 4 is 21.7 Å². The van der Waals surface area contributed by atoms with Gasteiger partial charge in [0.05, 0.1) is 0 Å². The Morgan fingerprint density at radius 2 is 1.79 bits per heavy atom. The average Bonchev–Trinajstić information content (AvgIpc) is 2.72. The Kier molecular flexibility index (Phi) is 6.33. The van der Waals surface area contributed by atoms with E-state index in [2.05, 4.69) is 80.4 Å². The number of hydrogen-bond acceptors (Lipinski definition) is 1. The monoisotopic (exact) mass is 545 g/mol. The molecule has 0 N–H and O–H groups in total. The maximum absolute atomic E-state index is 4.59. The summed E-state index contributed by atoms with van der Waals surface area (Å²) in [5, 5.41) is 3.47. The summed E-state index contributed by atoms with van der Waals surface area (Å²) in [6.45, 7) is 6.96. The van der Waals surface area contributed by atoms with Crippen molar-refractivity contribution in [1.82, 2.24) is 4.98 Å². The van der Waals surface area contributed by atoms with Crippen LogP contribution in [0.25, 0.3) is 32.8 Å². The van der Waals surface area contributed by atoms with Crippen LogP contribution in [0, 0.1) is 6.07 Å². The summed E-state index contributed by atoms with van der Waals surface area (Å²) < 4.78 is 0. The molecule has 0 aliphatic carbocycles. The summed E-state index contributed by atoms with van der Waals surface area (Å²) in [4.78, 5) is 4.59. The van der Waals surface area contributed by atoms with Crippen LogP contribution in [0.2, 0.25) is 0 Å². The molecule has 0 bridgehead atoms. The molecule has 0 aliphatic heterocycles. The van der Waals surface area contributed by atoms with Crippen molar-refractivity contribution in [3.63, 3.8) is 0 Å². The van der Waals surface area contributed by atoms with Gasteiger partial charge in [0.1, 0.15) is 0 Å². The summed E-state index contributed by atoms with van der Waals surface area (Å²) in [5.74, 6) is 0. The van der Waals surface area contributed by atoms with Crippen LogP contribution in [0.15, 0.2) is 66.9 Å². The largest absolute Gasteiger partial charge is 0.304 e. The topological polar surface area (TPSA) is 12.9 Å². The first-order valence-electron chi connectivity index (χ1n) is 9.89. The molecule has 28 heavy (non-hydrogen) atoms. The van der Waals surface area contributed by atoms with E-state index in [1.54, 1.807) is 0 Å². The smallest absolute Gasteiger partial charge is 0.0161 e. The quantitative estimate of drug-likeness (QED) is 0.190. The van der Waals surface area contributed by atoms with Crippen molar-refractivity contribution in [3.8, 4) is 11.1 Å². The second-order valence-electron chi connectivity index (χ2n) is 8.02. The van der Waals surface area contributed by atoms with Gasteiger partial charge in [-0.1, -0.05) is 81.0 Å². The molecule has 0 saturated carbocycles. The van der Waals surface area contributed by atoms with Crippen molar-refractivity contribution < 1.29 is 20.1 Å². The molecule has 0 amide bonds. The van der Waals surface area contributed by atoms with Crippen LogP contribution >= 0.6 is 0 Å². The molecular formula is C26H26IrN-. The molecule has 0 spiro atoms. The molecule has 1 radical (unpaired) electrons. The van der Waals surface area contributed by atoms with Gasteiger partial charge in [0.15, 0.2) is 0 Å². The fourth-order valence-electron chi connectivity index (χ4n) is 3.94. The third-order valence-electron chi connectivity index (χ3n) is 5.65. The number of rotatable bonds is 5. The van der Waals surface area contributed by atoms with Gasteiger partial charge in [-0.2, -0.15) is 0 Å². The Balaban J connectivity index is 0.00000225. The van der Waals surface area contributed by atoms with E-state index in [4.69, 9.17) is 0 Å². The maximum atomic E-state index is 4.59. The second-order valence-corrected chi connectivity index (χ2v) is 8.02. The first-order chi connectivity index (χ1) is 13.1. The van der Waals surface area contributed by atoms with Gasteiger partial charge in [-0.05, 0) is 39.9 Å². The molecule has 2 heteroatoms. The van der Waals surface area contributed by atoms with Crippen molar-refractivity contribution in [2.24, 2.45) is 0 Å². The predicted molar refractivity (Wildman–Crippen MR) is 116 cm³/mol. The Bertz CT molecular complexity index is 1080. The minimum Gasteiger partial charge on any atom is -0.304 e. The van der Waals surface area contributed by atoms with E-state index >= 15 is 0 Å². The van der Waals surface area contributed by atoms with Crippen molar-refractivity contribution in [2.45, 2.75) is 45.4 Å². The number of benzene rings is 3. The SMILES string of the molecule is CCCCC(C)(C)c1ccc(-c2cc3cccnc3c3[c-]cccc23)cc1.[Ir]. The first-order valence-corrected chi connectivity index (χ1v) is 9.89. The normalized spacial score (nSPS) is 11.5. The van der Waals surface area contributed by atoms with E-state index in [0.29, 0.717) is 0 Å². The molecule has 0 aliphatic rings. The molecule has 0 saturated heterocycles. The molecule has 1 heterocycles. The molecule has 1 aromatic heterocycles. The fraction of sp³-hybridized carbons (Fsp3) is 0.269. The number of nitrogens with zero attached hydrogens (tertiary/aromatic N) is 1. The van der Waals surface area contributed by atoms with Crippen LogP contribution in [0.4, 0.5) is 0 Å². The number of pyridine rings is 1. The zero-order valence-electron chi connectivity index (χ0n) is 16.8. The van der Waals surface area contributed by atoms with E-state index in [9.17, 15) is 0 Å². The molecule has 1 nitrogen and oxygen atoms in total. The molecule has 0 atom stereocenters. The first kappa shape index (κ1) is 20.7. The van der Waals surface area contributed by atoms with Gasteiger partial charge in [0.2, 0.25) is 0 Å². The minimum atomic E-state index is 0. The van der Waals surface area contributed by atoms with Crippen molar-refractivity contribution in [1.29, 1.82) is 0 Å². The summed E-state index contributed by atoms with van der Waals surface area (Å²) >= 11 is 0. The summed E-state index contributed by atoms with van der Waals surface area (Å²) in [6, 6.07) is 25.1. The number of aromatic nitrogens is 1. The molecule has 0 unspecified atom stereocenters. The molecule has 4 rings (SSSR count). The molecule has 145 valence electrons. The predicted octanol–water partition coefficient (Wildman–Crippen LogP) is 7.32. The molecule has 3 aromatic carbocycles. The Hall–Kier alpha value is -2.02. The van der Waals surface area contributed by atoms with Crippen molar-refractivity contribution in [3.05, 3.63) is 78.5 Å². The Morgan fingerprint density at radius 1 is 1.00 bits per heavy atom. The van der Waals surface area contributed by atoms with Gasteiger partial charge in [-0.15, -0.1) is 29.7 Å². The molecule has 4 aromatic rings. The van der Waals surface area contributed by atoms with Gasteiger partial charge in [0, 0.05) is 26.3 Å². The fourth-order valence-corrected chi connectivity index (χ4v) is 3.94. The standard InChI is InChI=1S/C26H26N.Ir/c1-4-5-16-26(2,3)21-14-12-19(13-15-21)24-18-20-9-8-17-27-25(20)23-11-7-6-10-22(23)24;/h6-10,12-15,17-18H,4-5,16H2,1-3H3;/q-1;. The number of fused-ring (bicyclic) bond motifs is 3. The minimum absolute atomic E-state index is 0. The molecular weight excluding hydrogens is 519 g/mol. The van der Waals surface area contributed by atoms with E-state index in [-0.39, 0.29) is 25.5 Å². The number of hydrogen-bond donors (Lipinski definition) is 0. The summed E-state index contributed by atoms with van der Waals surface area (Å²) in [5.41, 5.74) is 5.16.